The molecule has 1 rings (SSSR count). The van der Waals surface area contributed by atoms with Crippen LogP contribution in [0, 0.1) is 10.1 Å². The first-order valence-corrected chi connectivity index (χ1v) is 6.07. The highest BCUT2D eigenvalue weighted by Crippen LogP contribution is 2.22. The van der Waals surface area contributed by atoms with Crippen molar-refractivity contribution < 1.29 is 14.5 Å². The van der Waals surface area contributed by atoms with E-state index < -0.39 is 16.9 Å². The van der Waals surface area contributed by atoms with Crippen LogP contribution in [-0.4, -0.2) is 41.8 Å². The fourth-order valence-electron chi connectivity index (χ4n) is 1.57. The monoisotopic (exact) mass is 299 g/mol. The third-order valence-corrected chi connectivity index (χ3v) is 2.79. The van der Waals surface area contributed by atoms with Gasteiger partial charge < -0.3 is 10.2 Å². The number of likely N-dealkylation sites (N-methyl/N-ethyl adjacent to an activating group) is 1. The van der Waals surface area contributed by atoms with Crippen LogP contribution < -0.4 is 5.32 Å². The topological polar surface area (TPSA) is 92.5 Å². The molecule has 0 spiro atoms. The summed E-state index contributed by atoms with van der Waals surface area (Å²) in [5.41, 5.74) is -0.544. The predicted octanol–water partition coefficient (Wildman–Crippen LogP) is 1.45. The van der Waals surface area contributed by atoms with E-state index in [1.165, 1.54) is 24.0 Å². The number of halogens is 1. The van der Waals surface area contributed by atoms with Crippen LogP contribution in [0.1, 0.15) is 17.3 Å². The molecule has 1 aromatic carbocycles. The lowest BCUT2D eigenvalue weighted by atomic mass is 10.1. The summed E-state index contributed by atoms with van der Waals surface area (Å²) < 4.78 is 0. The summed E-state index contributed by atoms with van der Waals surface area (Å²) in [6, 6.07) is 2.87. The first-order valence-electron chi connectivity index (χ1n) is 5.70. The van der Waals surface area contributed by atoms with Crippen molar-refractivity contribution in [2.24, 2.45) is 0 Å². The Morgan fingerprint density at radius 1 is 1.40 bits per heavy atom. The number of amides is 2. The average molecular weight is 300 g/mol. The lowest BCUT2D eigenvalue weighted by Gasteiger charge is -2.18. The van der Waals surface area contributed by atoms with E-state index in [9.17, 15) is 19.7 Å². The smallest absolute Gasteiger partial charge is 0.282 e. The molecule has 1 aromatic rings. The van der Waals surface area contributed by atoms with Crippen molar-refractivity contribution in [3.05, 3.63) is 38.9 Å². The van der Waals surface area contributed by atoms with Gasteiger partial charge in [0.15, 0.2) is 0 Å². The molecular formula is C12H14ClN3O4. The van der Waals surface area contributed by atoms with Crippen molar-refractivity contribution in [1.29, 1.82) is 0 Å². The predicted molar refractivity (Wildman–Crippen MR) is 73.7 cm³/mol. The van der Waals surface area contributed by atoms with E-state index in [4.69, 9.17) is 11.6 Å². The lowest BCUT2D eigenvalue weighted by molar-refractivity contribution is -0.385. The van der Waals surface area contributed by atoms with Crippen molar-refractivity contribution in [1.82, 2.24) is 10.2 Å². The molecule has 2 amide bonds. The molecule has 0 saturated heterocycles. The molecule has 0 aliphatic rings. The van der Waals surface area contributed by atoms with E-state index in [0.717, 1.165) is 6.07 Å². The van der Waals surface area contributed by atoms with Crippen molar-refractivity contribution in [3.63, 3.8) is 0 Å². The Bertz CT molecular complexity index is 560. The Kier molecular flexibility index (Phi) is 5.04. The minimum Gasteiger partial charge on any atom is -0.347 e. The Balaban J connectivity index is 3.01. The van der Waals surface area contributed by atoms with Gasteiger partial charge in [-0.1, -0.05) is 11.6 Å². The molecule has 7 nitrogen and oxygen atoms in total. The molecule has 108 valence electrons. The number of benzene rings is 1. The summed E-state index contributed by atoms with van der Waals surface area (Å²) in [6.07, 6.45) is 0. The van der Waals surface area contributed by atoms with Crippen molar-refractivity contribution in [2.75, 3.05) is 14.1 Å². The van der Waals surface area contributed by atoms with Gasteiger partial charge in [0.2, 0.25) is 5.91 Å². The zero-order valence-electron chi connectivity index (χ0n) is 11.2. The number of hydrogen-bond acceptors (Lipinski definition) is 4. The Morgan fingerprint density at radius 3 is 2.50 bits per heavy atom. The van der Waals surface area contributed by atoms with Gasteiger partial charge in [0.25, 0.3) is 11.6 Å². The number of nitrogens with zero attached hydrogens (tertiary/aromatic N) is 2. The average Bonchev–Trinajstić information content (AvgIpc) is 2.36. The molecule has 0 aliphatic heterocycles. The zero-order valence-corrected chi connectivity index (χ0v) is 12.0. The summed E-state index contributed by atoms with van der Waals surface area (Å²) >= 11 is 5.74. The van der Waals surface area contributed by atoms with Crippen LogP contribution in [0.25, 0.3) is 0 Å². The maximum Gasteiger partial charge on any atom is 0.282 e. The lowest BCUT2D eigenvalue weighted by Crippen LogP contribution is -2.44. The van der Waals surface area contributed by atoms with Gasteiger partial charge in [0.05, 0.1) is 4.92 Å². The Labute approximate surface area is 120 Å². The molecule has 0 radical (unpaired) electrons. The van der Waals surface area contributed by atoms with E-state index in [0.29, 0.717) is 0 Å². The third kappa shape index (κ3) is 3.67. The van der Waals surface area contributed by atoms with Gasteiger partial charge in [-0.2, -0.15) is 0 Å². The molecule has 0 aliphatic carbocycles. The normalized spacial score (nSPS) is 11.6. The van der Waals surface area contributed by atoms with Gasteiger partial charge in [-0.15, -0.1) is 0 Å². The van der Waals surface area contributed by atoms with Gasteiger partial charge in [-0.25, -0.2) is 0 Å². The maximum absolute atomic E-state index is 12.0. The minimum absolute atomic E-state index is 0.180. The standard InChI is InChI=1S/C12H14ClN3O4/c1-7(12(18)15(2)3)14-11(17)9-6-8(13)4-5-10(9)16(19)20/h4-7H,1-3H3,(H,14,17). The molecule has 0 bridgehead atoms. The van der Waals surface area contributed by atoms with Crippen LogP contribution in [-0.2, 0) is 4.79 Å². The quantitative estimate of drug-likeness (QED) is 0.673. The van der Waals surface area contributed by atoms with Crippen LogP contribution in [0.15, 0.2) is 18.2 Å². The fourth-order valence-corrected chi connectivity index (χ4v) is 1.74. The van der Waals surface area contributed by atoms with E-state index >= 15 is 0 Å². The Morgan fingerprint density at radius 2 is 2.00 bits per heavy atom. The SMILES string of the molecule is CC(NC(=O)c1cc(Cl)ccc1[N+](=O)[O-])C(=O)N(C)C. The van der Waals surface area contributed by atoms with E-state index in [1.807, 2.05) is 0 Å². The molecule has 20 heavy (non-hydrogen) atoms. The number of carbonyl (C=O) groups excluding carboxylic acids is 2. The number of nitro benzene ring substituents is 1. The number of rotatable bonds is 4. The molecule has 8 heteroatoms. The number of hydrogen-bond donors (Lipinski definition) is 1. The molecule has 1 atom stereocenters. The largest absolute Gasteiger partial charge is 0.347 e. The first kappa shape index (κ1) is 15.9. The van der Waals surface area contributed by atoms with Gasteiger partial charge >= 0.3 is 0 Å². The van der Waals surface area contributed by atoms with Crippen molar-refractivity contribution in [3.8, 4) is 0 Å². The third-order valence-electron chi connectivity index (χ3n) is 2.56. The van der Waals surface area contributed by atoms with Gasteiger partial charge in [0.1, 0.15) is 11.6 Å². The van der Waals surface area contributed by atoms with Crippen LogP contribution in [0.2, 0.25) is 5.02 Å². The van der Waals surface area contributed by atoms with E-state index in [2.05, 4.69) is 5.32 Å². The fraction of sp³-hybridized carbons (Fsp3) is 0.333. The highest BCUT2D eigenvalue weighted by atomic mass is 35.5. The number of nitrogens with one attached hydrogen (secondary N) is 1. The summed E-state index contributed by atoms with van der Waals surface area (Å²) in [5, 5.41) is 13.5. The minimum atomic E-state index is -0.795. The highest BCUT2D eigenvalue weighted by molar-refractivity contribution is 6.31. The summed E-state index contributed by atoms with van der Waals surface area (Å²) in [5.74, 6) is -1.04. The first-order chi connectivity index (χ1) is 9.23. The number of carbonyl (C=O) groups is 2. The molecule has 0 heterocycles. The highest BCUT2D eigenvalue weighted by Gasteiger charge is 2.24. The second-order valence-corrected chi connectivity index (χ2v) is 4.78. The molecule has 1 unspecified atom stereocenters. The second kappa shape index (κ2) is 6.33. The Hall–Kier alpha value is -2.15. The molecule has 1 N–H and O–H groups in total. The maximum atomic E-state index is 12.0. The molecule has 0 fully saturated rings. The molecule has 0 saturated carbocycles. The van der Waals surface area contributed by atoms with Crippen LogP contribution >= 0.6 is 11.6 Å². The zero-order chi connectivity index (χ0) is 15.4. The van der Waals surface area contributed by atoms with Crippen molar-refractivity contribution in [2.45, 2.75) is 13.0 Å². The van der Waals surface area contributed by atoms with Gasteiger partial charge in [0, 0.05) is 25.2 Å². The second-order valence-electron chi connectivity index (χ2n) is 4.35. The van der Waals surface area contributed by atoms with Crippen molar-refractivity contribution >= 4 is 29.1 Å². The van der Waals surface area contributed by atoms with E-state index in [-0.39, 0.29) is 22.2 Å². The van der Waals surface area contributed by atoms with Crippen LogP contribution in [0.3, 0.4) is 0 Å². The molecular weight excluding hydrogens is 286 g/mol. The van der Waals surface area contributed by atoms with Crippen LogP contribution in [0.5, 0.6) is 0 Å². The van der Waals surface area contributed by atoms with Gasteiger partial charge in [-0.05, 0) is 19.1 Å². The number of nitro groups is 1. The summed E-state index contributed by atoms with van der Waals surface area (Å²) in [7, 11) is 3.10. The van der Waals surface area contributed by atoms with Gasteiger partial charge in [-0.3, -0.25) is 19.7 Å². The summed E-state index contributed by atoms with van der Waals surface area (Å²) in [4.78, 5) is 35.2. The molecule has 0 aromatic heterocycles. The van der Waals surface area contributed by atoms with E-state index in [1.54, 1.807) is 14.1 Å². The van der Waals surface area contributed by atoms with Crippen LogP contribution in [0.4, 0.5) is 5.69 Å². The summed E-state index contributed by atoms with van der Waals surface area (Å²) in [6.45, 7) is 1.50.